The van der Waals surface area contributed by atoms with Crippen LogP contribution in [0.2, 0.25) is 0 Å². The van der Waals surface area contributed by atoms with Gasteiger partial charge in [0.2, 0.25) is 5.91 Å². The van der Waals surface area contributed by atoms with E-state index in [1.807, 2.05) is 21.6 Å². The van der Waals surface area contributed by atoms with Crippen LogP contribution in [-0.4, -0.2) is 66.4 Å². The second-order valence-electron chi connectivity index (χ2n) is 10.8. The van der Waals surface area contributed by atoms with E-state index in [4.69, 9.17) is 4.52 Å². The summed E-state index contributed by atoms with van der Waals surface area (Å²) in [5, 5.41) is 17.9. The van der Waals surface area contributed by atoms with Crippen molar-refractivity contribution < 1.29 is 23.6 Å². The normalized spacial score (nSPS) is 23.6. The molecule has 1 fully saturated rings. The van der Waals surface area contributed by atoms with Crippen LogP contribution in [0.15, 0.2) is 64.1 Å². The predicted molar refractivity (Wildman–Crippen MR) is 150 cm³/mol. The minimum absolute atomic E-state index is 0.0770. The molecular formula is C28H31B2FN4O4. The largest absolute Gasteiger partial charge is 0.391 e. The molecule has 3 heterocycles. The molecular weight excluding hydrogens is 497 g/mol. The Morgan fingerprint density at radius 3 is 2.62 bits per heavy atom. The van der Waals surface area contributed by atoms with Crippen molar-refractivity contribution in [3.8, 4) is 11.1 Å². The highest BCUT2D eigenvalue weighted by Gasteiger charge is 2.48. The summed E-state index contributed by atoms with van der Waals surface area (Å²) in [4.78, 5) is 33.0. The number of halogens is 1. The van der Waals surface area contributed by atoms with Gasteiger partial charge in [0.25, 0.3) is 5.91 Å². The van der Waals surface area contributed by atoms with Gasteiger partial charge in [0.15, 0.2) is 0 Å². The Labute approximate surface area is 228 Å². The zero-order valence-corrected chi connectivity index (χ0v) is 22.5. The summed E-state index contributed by atoms with van der Waals surface area (Å²) in [6.07, 6.45) is -0.492. The number of β-amino-alcohol motifs (C(OH)–C–C–N with tert-alkyl or cyclic N) is 1. The number of carbonyl (C=O) groups is 2. The van der Waals surface area contributed by atoms with Gasteiger partial charge in [-0.2, -0.15) is 4.99 Å². The van der Waals surface area contributed by atoms with Gasteiger partial charge >= 0.3 is 0 Å². The van der Waals surface area contributed by atoms with Crippen molar-refractivity contribution in [1.82, 2.24) is 15.4 Å². The quantitative estimate of drug-likeness (QED) is 0.447. The standard InChI is InChI=1S/C28H31B2FN4O4/c1-15(2)24(22-13-23(30-29)34-39-22)26(37)35-14-18(36)12-21(35)25-32-27(38)28(3,33-25)17-10-8-16(9-11-17)19-6-4-5-7-20(19)31/h4-11,13,15,18,21,24,30,36H,12,14,29H2,1-3H3,(H,32,33,38). The summed E-state index contributed by atoms with van der Waals surface area (Å²) in [6, 6.07) is 14.8. The van der Waals surface area contributed by atoms with Crippen molar-refractivity contribution in [3.05, 3.63) is 71.7 Å². The van der Waals surface area contributed by atoms with Gasteiger partial charge in [-0.3, -0.25) is 9.59 Å². The number of rotatable bonds is 7. The van der Waals surface area contributed by atoms with E-state index in [0.717, 1.165) is 5.59 Å². The van der Waals surface area contributed by atoms with Gasteiger partial charge in [0.1, 0.15) is 36.0 Å². The topological polar surface area (TPSA) is 108 Å². The molecule has 5 rings (SSSR count). The molecule has 39 heavy (non-hydrogen) atoms. The Morgan fingerprint density at radius 2 is 1.97 bits per heavy atom. The van der Waals surface area contributed by atoms with Crippen LogP contribution in [0.3, 0.4) is 0 Å². The fourth-order valence-electron chi connectivity index (χ4n) is 5.46. The number of hydrogen-bond donors (Lipinski definition) is 2. The Balaban J connectivity index is 1.39. The van der Waals surface area contributed by atoms with Crippen LogP contribution >= 0.6 is 0 Å². The zero-order valence-electron chi connectivity index (χ0n) is 22.5. The molecule has 2 aliphatic heterocycles. The van der Waals surface area contributed by atoms with Crippen molar-refractivity contribution >= 4 is 38.2 Å². The van der Waals surface area contributed by atoms with Gasteiger partial charge in [0, 0.05) is 24.1 Å². The summed E-state index contributed by atoms with van der Waals surface area (Å²) < 4.78 is 19.8. The summed E-state index contributed by atoms with van der Waals surface area (Å²) in [5.41, 5.74) is 1.44. The smallest absolute Gasteiger partial charge is 0.277 e. The van der Waals surface area contributed by atoms with Gasteiger partial charge in [-0.1, -0.05) is 61.5 Å². The minimum atomic E-state index is -1.16. The summed E-state index contributed by atoms with van der Waals surface area (Å²) in [7, 11) is 2.66. The SMILES string of the molecule is BBc1cc(C(C(=O)N2CC(O)CC2C2=NC(=O)C(C)(c3ccc(-c4ccccc4F)cc3)N2)C(C)C)on1. The third-order valence-electron chi connectivity index (χ3n) is 7.73. The lowest BCUT2D eigenvalue weighted by atomic mass is 9.53. The maximum absolute atomic E-state index is 14.3. The van der Waals surface area contributed by atoms with Gasteiger partial charge in [-0.05, 0) is 36.1 Å². The molecule has 0 aliphatic carbocycles. The first-order valence-corrected chi connectivity index (χ1v) is 13.3. The number of hydrogen-bond acceptors (Lipinski definition) is 6. The maximum Gasteiger partial charge on any atom is 0.277 e. The number of aliphatic hydroxyl groups excluding tert-OH is 1. The molecule has 2 N–H and O–H groups in total. The molecule has 2 aromatic carbocycles. The van der Waals surface area contributed by atoms with E-state index in [1.165, 1.54) is 6.07 Å². The molecule has 3 aromatic rings. The van der Waals surface area contributed by atoms with Gasteiger partial charge < -0.3 is 19.8 Å². The Morgan fingerprint density at radius 1 is 1.26 bits per heavy atom. The summed E-state index contributed by atoms with van der Waals surface area (Å²) in [5.74, 6) is -0.743. The number of nitrogens with zero attached hydrogens (tertiary/aromatic N) is 3. The van der Waals surface area contributed by atoms with Crippen LogP contribution in [0.4, 0.5) is 4.39 Å². The highest BCUT2D eigenvalue weighted by molar-refractivity contribution is 6.97. The maximum atomic E-state index is 14.3. The number of aromatic nitrogens is 1. The zero-order chi connectivity index (χ0) is 27.9. The minimum Gasteiger partial charge on any atom is -0.391 e. The van der Waals surface area contributed by atoms with Crippen LogP contribution in [0.25, 0.3) is 11.1 Å². The van der Waals surface area contributed by atoms with E-state index in [9.17, 15) is 19.1 Å². The highest BCUT2D eigenvalue weighted by atomic mass is 19.1. The molecule has 4 unspecified atom stereocenters. The molecule has 0 spiro atoms. The first-order valence-electron chi connectivity index (χ1n) is 13.3. The fourth-order valence-corrected chi connectivity index (χ4v) is 5.46. The average molecular weight is 528 g/mol. The molecule has 4 atom stereocenters. The molecule has 2 aliphatic rings. The number of likely N-dealkylation sites (tertiary alicyclic amines) is 1. The number of carbonyl (C=O) groups excluding carboxylic acids is 2. The lowest BCUT2D eigenvalue weighted by molar-refractivity contribution is -0.134. The van der Waals surface area contributed by atoms with Crippen LogP contribution in [0, 0.1) is 11.7 Å². The molecule has 8 nitrogen and oxygen atoms in total. The molecule has 0 saturated carbocycles. The van der Waals surface area contributed by atoms with E-state index >= 15 is 0 Å². The van der Waals surface area contributed by atoms with E-state index < -0.39 is 29.5 Å². The van der Waals surface area contributed by atoms with Crippen molar-refractivity contribution in [1.29, 1.82) is 0 Å². The number of amidine groups is 1. The predicted octanol–water partition coefficient (Wildman–Crippen LogP) is 1.24. The Bertz CT molecular complexity index is 1430. The number of benzene rings is 2. The molecule has 1 saturated heterocycles. The first kappa shape index (κ1) is 26.9. The molecule has 200 valence electrons. The van der Waals surface area contributed by atoms with E-state index in [0.29, 0.717) is 35.5 Å². The van der Waals surface area contributed by atoms with Crippen molar-refractivity contribution in [2.24, 2.45) is 10.9 Å². The van der Waals surface area contributed by atoms with Gasteiger partial charge in [-0.15, -0.1) is 0 Å². The molecule has 0 radical (unpaired) electrons. The van der Waals surface area contributed by atoms with Crippen LogP contribution in [0.5, 0.6) is 0 Å². The van der Waals surface area contributed by atoms with Crippen molar-refractivity contribution in [2.45, 2.75) is 50.8 Å². The van der Waals surface area contributed by atoms with E-state index in [2.05, 4.69) is 15.5 Å². The molecule has 11 heteroatoms. The first-order chi connectivity index (χ1) is 18.6. The third-order valence-corrected chi connectivity index (χ3v) is 7.73. The Kier molecular flexibility index (Phi) is 7.20. The third kappa shape index (κ3) is 4.91. The second-order valence-corrected chi connectivity index (χ2v) is 10.8. The number of amides is 2. The molecule has 0 bridgehead atoms. The fraction of sp³-hybridized carbons (Fsp3) is 0.357. The van der Waals surface area contributed by atoms with Gasteiger partial charge in [0.05, 0.1) is 19.9 Å². The van der Waals surface area contributed by atoms with Crippen molar-refractivity contribution in [3.63, 3.8) is 0 Å². The van der Waals surface area contributed by atoms with E-state index in [1.54, 1.807) is 60.4 Å². The monoisotopic (exact) mass is 528 g/mol. The van der Waals surface area contributed by atoms with Crippen molar-refractivity contribution in [2.75, 3.05) is 6.54 Å². The molecule has 1 aromatic heterocycles. The van der Waals surface area contributed by atoms with Crippen LogP contribution in [0.1, 0.15) is 44.4 Å². The lowest BCUT2D eigenvalue weighted by Gasteiger charge is -2.31. The summed E-state index contributed by atoms with van der Waals surface area (Å²) >= 11 is 0. The second kappa shape index (κ2) is 10.4. The highest BCUT2D eigenvalue weighted by Crippen LogP contribution is 2.34. The Hall–Kier alpha value is -3.72. The number of aliphatic hydroxyl groups is 1. The summed E-state index contributed by atoms with van der Waals surface area (Å²) in [6.45, 7) is 5.74. The lowest BCUT2D eigenvalue weighted by Crippen LogP contribution is -2.51. The van der Waals surface area contributed by atoms with E-state index in [-0.39, 0.29) is 30.6 Å². The number of aliphatic imine (C=N–C) groups is 1. The van der Waals surface area contributed by atoms with Crippen LogP contribution in [-0.2, 0) is 15.1 Å². The number of nitrogens with one attached hydrogen (secondary N) is 1. The molecule has 2 amide bonds. The van der Waals surface area contributed by atoms with Gasteiger partial charge in [-0.25, -0.2) is 4.39 Å². The average Bonchev–Trinajstić information content (AvgIpc) is 3.62. The van der Waals surface area contributed by atoms with Crippen LogP contribution < -0.4 is 10.9 Å².